The molecular formula is C14H12F6N2O2. The van der Waals surface area contributed by atoms with Gasteiger partial charge in [0, 0.05) is 24.2 Å². The van der Waals surface area contributed by atoms with Gasteiger partial charge < -0.3 is 10.6 Å². The number of alkyl halides is 6. The lowest BCUT2D eigenvalue weighted by Crippen LogP contribution is -2.52. The first-order valence-electron chi connectivity index (χ1n) is 6.72. The van der Waals surface area contributed by atoms with Gasteiger partial charge in [-0.3, -0.25) is 9.59 Å². The molecule has 1 aromatic carbocycles. The van der Waals surface area contributed by atoms with Crippen LogP contribution in [0.15, 0.2) is 24.3 Å². The lowest BCUT2D eigenvalue weighted by molar-refractivity contribution is -0.334. The number of primary amides is 1. The van der Waals surface area contributed by atoms with Crippen molar-refractivity contribution < 1.29 is 35.9 Å². The van der Waals surface area contributed by atoms with Crippen molar-refractivity contribution >= 4 is 11.8 Å². The average molecular weight is 354 g/mol. The number of nitrogens with two attached hydrogens (primary N) is 1. The Hall–Kier alpha value is -2.26. The quantitative estimate of drug-likeness (QED) is 0.830. The van der Waals surface area contributed by atoms with Crippen LogP contribution in [0.2, 0.25) is 0 Å². The van der Waals surface area contributed by atoms with E-state index in [2.05, 4.69) is 0 Å². The zero-order chi connectivity index (χ0) is 18.3. The molecule has 0 saturated carbocycles. The van der Waals surface area contributed by atoms with Gasteiger partial charge >= 0.3 is 12.4 Å². The maximum absolute atomic E-state index is 13.0. The molecule has 0 spiro atoms. The number of carbonyl (C=O) groups excluding carboxylic acids is 2. The number of halogens is 6. The second-order valence-corrected chi connectivity index (χ2v) is 5.50. The molecule has 24 heavy (non-hydrogen) atoms. The van der Waals surface area contributed by atoms with Crippen LogP contribution in [0.4, 0.5) is 26.3 Å². The van der Waals surface area contributed by atoms with Crippen LogP contribution in [0.5, 0.6) is 0 Å². The molecule has 10 heteroatoms. The van der Waals surface area contributed by atoms with E-state index in [0.29, 0.717) is 4.90 Å². The number of rotatable bonds is 2. The fourth-order valence-corrected chi connectivity index (χ4v) is 2.57. The van der Waals surface area contributed by atoms with Crippen LogP contribution in [0.3, 0.4) is 0 Å². The predicted octanol–water partition coefficient (Wildman–Crippen LogP) is 2.74. The fourth-order valence-electron chi connectivity index (χ4n) is 2.57. The molecule has 1 aromatic rings. The SMILES string of the molecule is NC(=O)c1ccc(C(=O)N2CCC(C(F)(F)F)(C(F)(F)F)C2)cc1. The molecule has 2 rings (SSSR count). The molecule has 1 aliphatic heterocycles. The van der Waals surface area contributed by atoms with E-state index in [4.69, 9.17) is 5.73 Å². The summed E-state index contributed by atoms with van der Waals surface area (Å²) in [5, 5.41) is 0. The van der Waals surface area contributed by atoms with Crippen LogP contribution in [-0.4, -0.2) is 42.2 Å². The summed E-state index contributed by atoms with van der Waals surface area (Å²) in [6, 6.07) is 4.60. The van der Waals surface area contributed by atoms with E-state index in [1.165, 1.54) is 12.1 Å². The summed E-state index contributed by atoms with van der Waals surface area (Å²) in [7, 11) is 0. The van der Waals surface area contributed by atoms with Crippen LogP contribution >= 0.6 is 0 Å². The monoisotopic (exact) mass is 354 g/mol. The number of carbonyl (C=O) groups is 2. The van der Waals surface area contributed by atoms with Crippen LogP contribution in [0.25, 0.3) is 0 Å². The summed E-state index contributed by atoms with van der Waals surface area (Å²) in [6.45, 7) is -2.16. The Bertz CT molecular complexity index is 637. The topological polar surface area (TPSA) is 63.4 Å². The van der Waals surface area contributed by atoms with Crippen molar-refractivity contribution in [2.75, 3.05) is 13.1 Å². The number of benzene rings is 1. The van der Waals surface area contributed by atoms with Gasteiger partial charge in [-0.15, -0.1) is 0 Å². The van der Waals surface area contributed by atoms with Gasteiger partial charge in [-0.25, -0.2) is 0 Å². The highest BCUT2D eigenvalue weighted by Crippen LogP contribution is 2.55. The molecule has 132 valence electrons. The zero-order valence-corrected chi connectivity index (χ0v) is 12.0. The Balaban J connectivity index is 2.26. The van der Waals surface area contributed by atoms with Crippen LogP contribution in [0.1, 0.15) is 27.1 Å². The molecular weight excluding hydrogens is 342 g/mol. The molecule has 0 atom stereocenters. The maximum Gasteiger partial charge on any atom is 0.404 e. The standard InChI is InChI=1S/C14H12F6N2O2/c15-13(16,17)12(14(18,19)20)5-6-22(7-12)11(24)9-3-1-8(2-4-9)10(21)23/h1-4H,5-7H2,(H2,21,23). The summed E-state index contributed by atoms with van der Waals surface area (Å²) in [5.41, 5.74) is 1.02. The second-order valence-electron chi connectivity index (χ2n) is 5.50. The van der Waals surface area contributed by atoms with Crippen molar-refractivity contribution in [1.82, 2.24) is 4.90 Å². The van der Waals surface area contributed by atoms with Crippen molar-refractivity contribution in [3.63, 3.8) is 0 Å². The highest BCUT2D eigenvalue weighted by atomic mass is 19.4. The smallest absolute Gasteiger partial charge is 0.366 e. The Labute approximate surface area is 132 Å². The normalized spacial score (nSPS) is 17.8. The average Bonchev–Trinajstić information content (AvgIpc) is 2.92. The summed E-state index contributed by atoms with van der Waals surface area (Å²) in [6.07, 6.45) is -12.3. The molecule has 0 radical (unpaired) electrons. The van der Waals surface area contributed by atoms with E-state index >= 15 is 0 Å². The summed E-state index contributed by atoms with van der Waals surface area (Å²) in [5.74, 6) is -1.75. The zero-order valence-electron chi connectivity index (χ0n) is 12.0. The molecule has 0 aromatic heterocycles. The first-order chi connectivity index (χ1) is 10.9. The van der Waals surface area contributed by atoms with E-state index in [0.717, 1.165) is 12.1 Å². The minimum Gasteiger partial charge on any atom is -0.366 e. The van der Waals surface area contributed by atoms with Gasteiger partial charge in [-0.2, -0.15) is 26.3 Å². The van der Waals surface area contributed by atoms with E-state index in [1.54, 1.807) is 0 Å². The number of amides is 2. The van der Waals surface area contributed by atoms with E-state index in [-0.39, 0.29) is 11.1 Å². The van der Waals surface area contributed by atoms with Crippen LogP contribution < -0.4 is 5.73 Å². The van der Waals surface area contributed by atoms with Crippen molar-refractivity contribution in [2.45, 2.75) is 18.8 Å². The first-order valence-corrected chi connectivity index (χ1v) is 6.72. The Morgan fingerprint density at radius 3 is 1.79 bits per heavy atom. The molecule has 1 saturated heterocycles. The van der Waals surface area contributed by atoms with Crippen molar-refractivity contribution in [1.29, 1.82) is 0 Å². The van der Waals surface area contributed by atoms with Gasteiger partial charge in [0.25, 0.3) is 5.91 Å². The molecule has 0 aliphatic carbocycles. The fraction of sp³-hybridized carbons (Fsp3) is 0.429. The van der Waals surface area contributed by atoms with E-state index in [1.807, 2.05) is 0 Å². The van der Waals surface area contributed by atoms with Gasteiger partial charge in [0.2, 0.25) is 5.91 Å². The second kappa shape index (κ2) is 5.67. The van der Waals surface area contributed by atoms with Gasteiger partial charge in [0.05, 0.1) is 0 Å². The highest BCUT2D eigenvalue weighted by molar-refractivity contribution is 5.97. The molecule has 0 bridgehead atoms. The third-order valence-electron chi connectivity index (χ3n) is 4.06. The highest BCUT2D eigenvalue weighted by Gasteiger charge is 2.72. The maximum atomic E-state index is 13.0. The molecule has 1 fully saturated rings. The Morgan fingerprint density at radius 1 is 0.958 bits per heavy atom. The number of likely N-dealkylation sites (tertiary alicyclic amines) is 1. The summed E-state index contributed by atoms with van der Waals surface area (Å²) >= 11 is 0. The van der Waals surface area contributed by atoms with Crippen LogP contribution in [-0.2, 0) is 0 Å². The van der Waals surface area contributed by atoms with Crippen molar-refractivity contribution in [3.8, 4) is 0 Å². The van der Waals surface area contributed by atoms with Gasteiger partial charge in [0.15, 0.2) is 5.41 Å². The third-order valence-corrected chi connectivity index (χ3v) is 4.06. The molecule has 1 heterocycles. The lowest BCUT2D eigenvalue weighted by Gasteiger charge is -2.33. The Kier molecular flexibility index (Phi) is 4.28. The third kappa shape index (κ3) is 2.92. The summed E-state index contributed by atoms with van der Waals surface area (Å²) < 4.78 is 77.9. The lowest BCUT2D eigenvalue weighted by atomic mass is 9.85. The molecule has 0 unspecified atom stereocenters. The molecule has 2 N–H and O–H groups in total. The molecule has 4 nitrogen and oxygen atoms in total. The minimum atomic E-state index is -5.52. The van der Waals surface area contributed by atoms with Gasteiger partial charge in [0.1, 0.15) is 0 Å². The van der Waals surface area contributed by atoms with E-state index < -0.39 is 49.1 Å². The van der Waals surface area contributed by atoms with Crippen LogP contribution in [0, 0.1) is 5.41 Å². The van der Waals surface area contributed by atoms with E-state index in [9.17, 15) is 35.9 Å². The van der Waals surface area contributed by atoms with Crippen molar-refractivity contribution in [3.05, 3.63) is 35.4 Å². The minimum absolute atomic E-state index is 0.0629. The Morgan fingerprint density at radius 2 is 1.42 bits per heavy atom. The largest absolute Gasteiger partial charge is 0.404 e. The summed E-state index contributed by atoms with van der Waals surface area (Å²) in [4.78, 5) is 23.6. The number of nitrogens with zero attached hydrogens (tertiary/aromatic N) is 1. The molecule has 2 amide bonds. The number of hydrogen-bond donors (Lipinski definition) is 1. The van der Waals surface area contributed by atoms with Gasteiger partial charge in [-0.1, -0.05) is 0 Å². The van der Waals surface area contributed by atoms with Crippen molar-refractivity contribution in [2.24, 2.45) is 11.1 Å². The predicted molar refractivity (Wildman–Crippen MR) is 70.0 cm³/mol. The molecule has 1 aliphatic rings. The number of hydrogen-bond acceptors (Lipinski definition) is 2. The van der Waals surface area contributed by atoms with Gasteiger partial charge in [-0.05, 0) is 30.7 Å². The first kappa shape index (κ1) is 18.1.